The minimum Gasteiger partial charge on any atom is -0.325 e. The lowest BCUT2D eigenvalue weighted by Crippen LogP contribution is -2.30. The van der Waals surface area contributed by atoms with Crippen LogP contribution in [0.5, 0.6) is 0 Å². The Morgan fingerprint density at radius 3 is 2.12 bits per heavy atom. The number of aryl methyl sites for hydroxylation is 1. The van der Waals surface area contributed by atoms with Gasteiger partial charge in [0, 0.05) is 34.0 Å². The smallest absolute Gasteiger partial charge is 0.272 e. The van der Waals surface area contributed by atoms with Crippen molar-refractivity contribution in [3.8, 4) is 0 Å². The second-order valence-electron chi connectivity index (χ2n) is 9.27. The summed E-state index contributed by atoms with van der Waals surface area (Å²) >= 11 is 1.33. The molecule has 4 aromatic rings. The molecular weight excluding hydrogens is 552 g/mol. The van der Waals surface area contributed by atoms with Gasteiger partial charge in [-0.05, 0) is 73.5 Å². The topological polar surface area (TPSA) is 130 Å². The molecule has 9 nitrogen and oxygen atoms in total. The van der Waals surface area contributed by atoms with E-state index in [1.54, 1.807) is 74.5 Å². The number of benzene rings is 4. The molecule has 3 N–H and O–H groups in total. The predicted molar refractivity (Wildman–Crippen MR) is 165 cm³/mol. The van der Waals surface area contributed by atoms with Crippen molar-refractivity contribution in [3.05, 3.63) is 136 Å². The maximum Gasteiger partial charge on any atom is 0.272 e. The van der Waals surface area contributed by atoms with Crippen LogP contribution in [0.3, 0.4) is 0 Å². The van der Waals surface area contributed by atoms with Crippen molar-refractivity contribution in [3.63, 3.8) is 0 Å². The first-order valence-electron chi connectivity index (χ1n) is 13.0. The number of hydrogen-bond acceptors (Lipinski definition) is 6. The Morgan fingerprint density at radius 2 is 1.50 bits per heavy atom. The molecule has 0 bridgehead atoms. The zero-order valence-corrected chi connectivity index (χ0v) is 23.7. The van der Waals surface area contributed by atoms with Crippen LogP contribution >= 0.6 is 11.8 Å². The average molecular weight is 581 g/mol. The molecule has 0 saturated heterocycles. The molecule has 0 fully saturated rings. The number of carbonyl (C=O) groups is 3. The Morgan fingerprint density at radius 1 is 0.857 bits per heavy atom. The van der Waals surface area contributed by atoms with Gasteiger partial charge in [-0.1, -0.05) is 48.5 Å². The van der Waals surface area contributed by atoms with Crippen molar-refractivity contribution in [2.75, 3.05) is 10.6 Å². The van der Waals surface area contributed by atoms with Crippen molar-refractivity contribution in [1.82, 2.24) is 5.32 Å². The number of carbonyl (C=O) groups excluding carboxylic acids is 3. The summed E-state index contributed by atoms with van der Waals surface area (Å²) in [5.41, 5.74) is 2.83. The van der Waals surface area contributed by atoms with Crippen LogP contribution in [0.15, 0.2) is 114 Å². The predicted octanol–water partition coefficient (Wildman–Crippen LogP) is 6.43. The van der Waals surface area contributed by atoms with Crippen LogP contribution in [0.25, 0.3) is 6.08 Å². The lowest BCUT2D eigenvalue weighted by molar-refractivity contribution is -0.384. The number of hydrogen-bond donors (Lipinski definition) is 3. The van der Waals surface area contributed by atoms with Crippen molar-refractivity contribution < 1.29 is 19.3 Å². The molecule has 10 heteroatoms. The van der Waals surface area contributed by atoms with Gasteiger partial charge < -0.3 is 16.0 Å². The normalized spacial score (nSPS) is 11.7. The van der Waals surface area contributed by atoms with Crippen molar-refractivity contribution in [2.24, 2.45) is 0 Å². The lowest BCUT2D eigenvalue weighted by Gasteiger charge is -2.14. The molecule has 0 aliphatic carbocycles. The maximum absolute atomic E-state index is 13.2. The van der Waals surface area contributed by atoms with Crippen LogP contribution in [-0.2, 0) is 9.59 Å². The van der Waals surface area contributed by atoms with E-state index in [1.807, 2.05) is 30.3 Å². The molecular formula is C32H28N4O5S. The molecule has 0 aromatic heterocycles. The van der Waals surface area contributed by atoms with Crippen LogP contribution in [0.2, 0.25) is 0 Å². The summed E-state index contributed by atoms with van der Waals surface area (Å²) in [6, 6.07) is 29.1. The number of thioether (sulfide) groups is 1. The van der Waals surface area contributed by atoms with Crippen LogP contribution in [-0.4, -0.2) is 27.9 Å². The largest absolute Gasteiger partial charge is 0.325 e. The molecule has 4 rings (SSSR count). The standard InChI is InChI=1S/C32H28N4O5S/c1-21-19-26(36(40)41)15-18-28(21)34-30(37)22(2)42-27-16-13-25(14-17-27)33-32(39)29(20-23-9-5-3-6-10-23)35-31(38)24-11-7-4-8-12-24/h3-20,22H,1-2H3,(H,33,39)(H,34,37)(H,35,38)/b29-20-. The summed E-state index contributed by atoms with van der Waals surface area (Å²) in [5.74, 6) is -1.15. The van der Waals surface area contributed by atoms with Crippen LogP contribution in [0, 0.1) is 17.0 Å². The van der Waals surface area contributed by atoms with E-state index in [9.17, 15) is 24.5 Å². The molecule has 0 saturated carbocycles. The third-order valence-corrected chi connectivity index (χ3v) is 7.22. The molecule has 212 valence electrons. The molecule has 1 atom stereocenters. The van der Waals surface area contributed by atoms with Gasteiger partial charge in [0.2, 0.25) is 5.91 Å². The van der Waals surface area contributed by atoms with E-state index < -0.39 is 22.0 Å². The highest BCUT2D eigenvalue weighted by Gasteiger charge is 2.18. The average Bonchev–Trinajstić information content (AvgIpc) is 2.99. The first-order chi connectivity index (χ1) is 20.2. The molecule has 0 aliphatic heterocycles. The molecule has 0 spiro atoms. The second-order valence-corrected chi connectivity index (χ2v) is 10.7. The first kappa shape index (κ1) is 29.8. The van der Waals surface area contributed by atoms with Crippen molar-refractivity contribution >= 4 is 52.6 Å². The van der Waals surface area contributed by atoms with Gasteiger partial charge in [-0.15, -0.1) is 11.8 Å². The van der Waals surface area contributed by atoms with E-state index in [-0.39, 0.29) is 17.3 Å². The van der Waals surface area contributed by atoms with Crippen LogP contribution in [0.1, 0.15) is 28.4 Å². The highest BCUT2D eigenvalue weighted by molar-refractivity contribution is 8.00. The summed E-state index contributed by atoms with van der Waals surface area (Å²) in [6.07, 6.45) is 1.60. The highest BCUT2D eigenvalue weighted by Crippen LogP contribution is 2.27. The van der Waals surface area contributed by atoms with Gasteiger partial charge in [-0.2, -0.15) is 0 Å². The Bertz CT molecular complexity index is 1620. The quantitative estimate of drug-likeness (QED) is 0.0857. The van der Waals surface area contributed by atoms with Gasteiger partial charge in [0.05, 0.1) is 10.2 Å². The van der Waals surface area contributed by atoms with Crippen LogP contribution in [0.4, 0.5) is 17.1 Å². The van der Waals surface area contributed by atoms with E-state index in [2.05, 4.69) is 16.0 Å². The fraction of sp³-hybridized carbons (Fsp3) is 0.0938. The Hall–Kier alpha value is -5.22. The number of nitro benzene ring substituents is 1. The minimum absolute atomic E-state index is 0.0404. The Kier molecular flexibility index (Phi) is 9.85. The molecule has 42 heavy (non-hydrogen) atoms. The number of nitrogens with one attached hydrogen (secondary N) is 3. The number of nitro groups is 1. The number of nitrogens with zero attached hydrogens (tertiary/aromatic N) is 1. The molecule has 4 aromatic carbocycles. The summed E-state index contributed by atoms with van der Waals surface area (Å²) < 4.78 is 0. The Balaban J connectivity index is 1.40. The number of non-ortho nitro benzene ring substituents is 1. The number of rotatable bonds is 10. The summed E-state index contributed by atoms with van der Waals surface area (Å²) in [5, 5.41) is 18.8. The third kappa shape index (κ3) is 8.15. The van der Waals surface area contributed by atoms with Crippen LogP contribution < -0.4 is 16.0 Å². The number of anilines is 2. The lowest BCUT2D eigenvalue weighted by atomic mass is 10.1. The zero-order chi connectivity index (χ0) is 30.1. The van der Waals surface area contributed by atoms with E-state index in [4.69, 9.17) is 0 Å². The summed E-state index contributed by atoms with van der Waals surface area (Å²) in [6.45, 7) is 3.45. The molecule has 0 aliphatic rings. The fourth-order valence-electron chi connectivity index (χ4n) is 3.87. The molecule has 3 amide bonds. The summed E-state index contributed by atoms with van der Waals surface area (Å²) in [4.78, 5) is 50.0. The van der Waals surface area contributed by atoms with Gasteiger partial charge in [0.1, 0.15) is 5.70 Å². The second kappa shape index (κ2) is 13.9. The van der Waals surface area contributed by atoms with Gasteiger partial charge in [-0.25, -0.2) is 0 Å². The molecule has 0 radical (unpaired) electrons. The third-order valence-electron chi connectivity index (χ3n) is 6.11. The number of amides is 3. The van der Waals surface area contributed by atoms with Gasteiger partial charge in [-0.3, -0.25) is 24.5 Å². The monoisotopic (exact) mass is 580 g/mol. The van der Waals surface area contributed by atoms with Gasteiger partial charge in [0.15, 0.2) is 0 Å². The van der Waals surface area contributed by atoms with E-state index >= 15 is 0 Å². The SMILES string of the molecule is Cc1cc([N+](=O)[O-])ccc1NC(=O)C(C)Sc1ccc(NC(=O)/C(=C/c2ccccc2)NC(=O)c2ccccc2)cc1. The van der Waals surface area contributed by atoms with E-state index in [0.29, 0.717) is 22.5 Å². The van der Waals surface area contributed by atoms with Gasteiger partial charge in [0.25, 0.3) is 17.5 Å². The van der Waals surface area contributed by atoms with E-state index in [0.717, 1.165) is 10.5 Å². The molecule has 1 unspecified atom stereocenters. The summed E-state index contributed by atoms with van der Waals surface area (Å²) in [7, 11) is 0. The van der Waals surface area contributed by atoms with Crippen molar-refractivity contribution in [1.29, 1.82) is 0 Å². The zero-order valence-electron chi connectivity index (χ0n) is 22.9. The Labute approximate surface area is 247 Å². The van der Waals surface area contributed by atoms with Crippen molar-refractivity contribution in [2.45, 2.75) is 24.0 Å². The fourth-order valence-corrected chi connectivity index (χ4v) is 4.73. The first-order valence-corrected chi connectivity index (χ1v) is 13.8. The highest BCUT2D eigenvalue weighted by atomic mass is 32.2. The van der Waals surface area contributed by atoms with Gasteiger partial charge >= 0.3 is 0 Å². The van der Waals surface area contributed by atoms with E-state index in [1.165, 1.54) is 30.0 Å². The molecule has 0 heterocycles. The maximum atomic E-state index is 13.2. The minimum atomic E-state index is -0.491.